The first kappa shape index (κ1) is 13.8. The Labute approximate surface area is 104 Å². The summed E-state index contributed by atoms with van der Waals surface area (Å²) < 4.78 is 11.3. The molecule has 0 amide bonds. The Morgan fingerprint density at radius 3 is 2.41 bits per heavy atom. The molecule has 1 aromatic rings. The zero-order valence-electron chi connectivity index (χ0n) is 11.1. The zero-order chi connectivity index (χ0) is 12.7. The number of nitrogens with two attached hydrogens (primary N) is 1. The Morgan fingerprint density at radius 1 is 1.12 bits per heavy atom. The van der Waals surface area contributed by atoms with E-state index in [9.17, 15) is 0 Å². The molecule has 0 saturated heterocycles. The molecule has 0 aliphatic carbocycles. The minimum atomic E-state index is 0.673. The fourth-order valence-electron chi connectivity index (χ4n) is 1.88. The third kappa shape index (κ3) is 3.63. The lowest BCUT2D eigenvalue weighted by Crippen LogP contribution is -2.05. The van der Waals surface area contributed by atoms with Crippen molar-refractivity contribution in [2.75, 3.05) is 19.8 Å². The van der Waals surface area contributed by atoms with Gasteiger partial charge in [-0.05, 0) is 51.8 Å². The van der Waals surface area contributed by atoms with Crippen LogP contribution in [0, 0.1) is 6.92 Å². The Bertz CT molecular complexity index is 350. The van der Waals surface area contributed by atoms with Crippen LogP contribution in [0.15, 0.2) is 12.1 Å². The number of aryl methyl sites for hydroxylation is 1. The van der Waals surface area contributed by atoms with E-state index in [1.165, 1.54) is 5.56 Å². The molecule has 0 radical (unpaired) electrons. The number of ether oxygens (including phenoxy) is 2. The minimum Gasteiger partial charge on any atom is -0.493 e. The third-order valence-electron chi connectivity index (χ3n) is 2.68. The maximum atomic E-state index is 5.73. The summed E-state index contributed by atoms with van der Waals surface area (Å²) in [6, 6.07) is 4.10. The standard InChI is InChI=1S/C14H23NO2/c1-4-16-13-9-8-12(7-6-10-15)14(11(13)3)17-5-2/h8-9H,4-7,10,15H2,1-3H3. The van der Waals surface area contributed by atoms with Gasteiger partial charge in [-0.2, -0.15) is 0 Å². The normalized spacial score (nSPS) is 10.4. The smallest absolute Gasteiger partial charge is 0.129 e. The molecule has 0 atom stereocenters. The predicted molar refractivity (Wildman–Crippen MR) is 70.9 cm³/mol. The average Bonchev–Trinajstić information content (AvgIpc) is 2.33. The lowest BCUT2D eigenvalue weighted by atomic mass is 10.0. The van der Waals surface area contributed by atoms with Crippen molar-refractivity contribution in [3.05, 3.63) is 23.3 Å². The summed E-state index contributed by atoms with van der Waals surface area (Å²) in [4.78, 5) is 0. The molecule has 0 fully saturated rings. The summed E-state index contributed by atoms with van der Waals surface area (Å²) in [6.07, 6.45) is 1.94. The quantitative estimate of drug-likeness (QED) is 0.793. The highest BCUT2D eigenvalue weighted by Gasteiger charge is 2.11. The van der Waals surface area contributed by atoms with Crippen LogP contribution in [-0.2, 0) is 6.42 Å². The van der Waals surface area contributed by atoms with Crippen molar-refractivity contribution in [2.24, 2.45) is 5.73 Å². The molecule has 2 N–H and O–H groups in total. The highest BCUT2D eigenvalue weighted by Crippen LogP contribution is 2.32. The first-order valence-electron chi connectivity index (χ1n) is 6.32. The van der Waals surface area contributed by atoms with Crippen LogP contribution in [0.25, 0.3) is 0 Å². The van der Waals surface area contributed by atoms with E-state index >= 15 is 0 Å². The van der Waals surface area contributed by atoms with Crippen molar-refractivity contribution in [1.82, 2.24) is 0 Å². The van der Waals surface area contributed by atoms with Gasteiger partial charge < -0.3 is 15.2 Å². The van der Waals surface area contributed by atoms with Gasteiger partial charge >= 0.3 is 0 Å². The molecule has 3 heteroatoms. The zero-order valence-corrected chi connectivity index (χ0v) is 11.1. The van der Waals surface area contributed by atoms with E-state index in [-0.39, 0.29) is 0 Å². The Morgan fingerprint density at radius 2 is 1.82 bits per heavy atom. The van der Waals surface area contributed by atoms with Gasteiger partial charge in [-0.1, -0.05) is 6.07 Å². The van der Waals surface area contributed by atoms with Crippen LogP contribution < -0.4 is 15.2 Å². The molecule has 0 heterocycles. The van der Waals surface area contributed by atoms with Gasteiger partial charge in [-0.25, -0.2) is 0 Å². The fraction of sp³-hybridized carbons (Fsp3) is 0.571. The van der Waals surface area contributed by atoms with E-state index in [4.69, 9.17) is 15.2 Å². The molecule has 0 aliphatic rings. The van der Waals surface area contributed by atoms with Crippen molar-refractivity contribution in [2.45, 2.75) is 33.6 Å². The Kier molecular flexibility index (Phi) is 5.84. The van der Waals surface area contributed by atoms with Gasteiger partial charge in [0.1, 0.15) is 11.5 Å². The van der Waals surface area contributed by atoms with Crippen molar-refractivity contribution in [3.63, 3.8) is 0 Å². The Balaban J connectivity index is 3.00. The van der Waals surface area contributed by atoms with Crippen LogP contribution in [0.5, 0.6) is 11.5 Å². The molecule has 0 aromatic heterocycles. The summed E-state index contributed by atoms with van der Waals surface area (Å²) in [7, 11) is 0. The van der Waals surface area contributed by atoms with E-state index in [0.717, 1.165) is 29.9 Å². The van der Waals surface area contributed by atoms with Crippen LogP contribution in [0.3, 0.4) is 0 Å². The number of hydrogen-bond acceptors (Lipinski definition) is 3. The van der Waals surface area contributed by atoms with Crippen molar-refractivity contribution < 1.29 is 9.47 Å². The number of benzene rings is 1. The van der Waals surface area contributed by atoms with Gasteiger partial charge in [0.2, 0.25) is 0 Å². The minimum absolute atomic E-state index is 0.673. The largest absolute Gasteiger partial charge is 0.493 e. The summed E-state index contributed by atoms with van der Waals surface area (Å²) in [6.45, 7) is 8.09. The highest BCUT2D eigenvalue weighted by molar-refractivity contribution is 5.49. The maximum absolute atomic E-state index is 5.73. The number of hydrogen-bond donors (Lipinski definition) is 1. The number of rotatable bonds is 7. The first-order valence-corrected chi connectivity index (χ1v) is 6.32. The van der Waals surface area contributed by atoms with Gasteiger partial charge in [0.15, 0.2) is 0 Å². The van der Waals surface area contributed by atoms with Gasteiger partial charge in [-0.15, -0.1) is 0 Å². The third-order valence-corrected chi connectivity index (χ3v) is 2.68. The predicted octanol–water partition coefficient (Wildman–Crippen LogP) is 2.68. The van der Waals surface area contributed by atoms with E-state index in [1.54, 1.807) is 0 Å². The summed E-state index contributed by atoms with van der Waals surface area (Å²) in [5.74, 6) is 1.87. The van der Waals surface area contributed by atoms with Crippen LogP contribution >= 0.6 is 0 Å². The van der Waals surface area contributed by atoms with E-state index < -0.39 is 0 Å². The first-order chi connectivity index (χ1) is 8.24. The molecule has 1 rings (SSSR count). The van der Waals surface area contributed by atoms with Crippen molar-refractivity contribution in [1.29, 1.82) is 0 Å². The van der Waals surface area contributed by atoms with Crippen molar-refractivity contribution in [3.8, 4) is 11.5 Å². The topological polar surface area (TPSA) is 44.5 Å². The molecule has 0 spiro atoms. The molecule has 0 aliphatic heterocycles. The van der Waals surface area contributed by atoms with Crippen molar-refractivity contribution >= 4 is 0 Å². The summed E-state index contributed by atoms with van der Waals surface area (Å²) in [5, 5.41) is 0. The second kappa shape index (κ2) is 7.17. The molecule has 3 nitrogen and oxygen atoms in total. The molecular formula is C14H23NO2. The van der Waals surface area contributed by atoms with Gasteiger partial charge in [-0.3, -0.25) is 0 Å². The van der Waals surface area contributed by atoms with Gasteiger partial charge in [0.05, 0.1) is 13.2 Å². The molecule has 0 saturated carbocycles. The summed E-state index contributed by atoms with van der Waals surface area (Å²) >= 11 is 0. The molecule has 96 valence electrons. The van der Waals surface area contributed by atoms with Gasteiger partial charge in [0, 0.05) is 5.56 Å². The van der Waals surface area contributed by atoms with E-state index in [2.05, 4.69) is 6.07 Å². The molecule has 0 unspecified atom stereocenters. The lowest BCUT2D eigenvalue weighted by molar-refractivity contribution is 0.316. The average molecular weight is 237 g/mol. The highest BCUT2D eigenvalue weighted by atomic mass is 16.5. The van der Waals surface area contributed by atoms with E-state index in [0.29, 0.717) is 19.8 Å². The van der Waals surface area contributed by atoms with Crippen LogP contribution in [0.1, 0.15) is 31.4 Å². The second-order valence-electron chi connectivity index (χ2n) is 3.94. The van der Waals surface area contributed by atoms with E-state index in [1.807, 2.05) is 26.8 Å². The Hall–Kier alpha value is -1.22. The monoisotopic (exact) mass is 237 g/mol. The van der Waals surface area contributed by atoms with Crippen LogP contribution in [-0.4, -0.2) is 19.8 Å². The fourth-order valence-corrected chi connectivity index (χ4v) is 1.88. The van der Waals surface area contributed by atoms with Crippen LogP contribution in [0.2, 0.25) is 0 Å². The van der Waals surface area contributed by atoms with Gasteiger partial charge in [0.25, 0.3) is 0 Å². The molecule has 17 heavy (non-hydrogen) atoms. The SMILES string of the molecule is CCOc1ccc(CCCN)c(OCC)c1C. The second-order valence-corrected chi connectivity index (χ2v) is 3.94. The molecule has 1 aromatic carbocycles. The molecule has 0 bridgehead atoms. The lowest BCUT2D eigenvalue weighted by Gasteiger charge is -2.16. The van der Waals surface area contributed by atoms with Crippen LogP contribution in [0.4, 0.5) is 0 Å². The maximum Gasteiger partial charge on any atom is 0.129 e. The summed E-state index contributed by atoms with van der Waals surface area (Å²) in [5.41, 5.74) is 7.86. The molecular weight excluding hydrogens is 214 g/mol.